The quantitative estimate of drug-likeness (QED) is 0.813. The van der Waals surface area contributed by atoms with Crippen LogP contribution in [-0.2, 0) is 13.0 Å². The molecule has 1 amide bonds. The minimum Gasteiger partial charge on any atom is -0.364 e. The molecule has 4 nitrogen and oxygen atoms in total. The number of nitrogens with two attached hydrogens (primary N) is 1. The van der Waals surface area contributed by atoms with Gasteiger partial charge in [-0.05, 0) is 12.3 Å². The molecule has 15 heavy (non-hydrogen) atoms. The number of aryl methyl sites for hydroxylation is 1. The van der Waals surface area contributed by atoms with Crippen LogP contribution in [0.15, 0.2) is 6.20 Å². The Morgan fingerprint density at radius 2 is 2.53 bits per heavy atom. The van der Waals surface area contributed by atoms with Crippen molar-refractivity contribution < 1.29 is 4.79 Å². The van der Waals surface area contributed by atoms with Crippen molar-refractivity contribution in [2.45, 2.75) is 39.2 Å². The number of carbonyl (C=O) groups excluding carboxylic acids is 1. The fourth-order valence-electron chi connectivity index (χ4n) is 2.27. The summed E-state index contributed by atoms with van der Waals surface area (Å²) in [5, 5.41) is 0. The van der Waals surface area contributed by atoms with Crippen molar-refractivity contribution in [3.8, 4) is 0 Å². The lowest BCUT2D eigenvalue weighted by atomic mass is 9.93. The molecular formula is C11H17N3O. The van der Waals surface area contributed by atoms with Crippen LogP contribution >= 0.6 is 0 Å². The maximum atomic E-state index is 11.0. The highest BCUT2D eigenvalue weighted by Crippen LogP contribution is 2.23. The number of aromatic nitrogens is 2. The van der Waals surface area contributed by atoms with E-state index >= 15 is 0 Å². The predicted molar refractivity (Wildman–Crippen MR) is 57.5 cm³/mol. The topological polar surface area (TPSA) is 60.9 Å². The normalized spacial score (nSPS) is 19.9. The molecule has 0 aromatic carbocycles. The van der Waals surface area contributed by atoms with E-state index < -0.39 is 5.91 Å². The summed E-state index contributed by atoms with van der Waals surface area (Å²) in [5.74, 6) is 1.32. The number of nitrogens with zero attached hydrogens (tertiary/aromatic N) is 2. The van der Waals surface area contributed by atoms with Gasteiger partial charge in [0.1, 0.15) is 11.5 Å². The number of amides is 1. The zero-order chi connectivity index (χ0) is 10.8. The summed E-state index contributed by atoms with van der Waals surface area (Å²) in [6, 6.07) is 0. The largest absolute Gasteiger partial charge is 0.364 e. The van der Waals surface area contributed by atoms with E-state index in [1.165, 1.54) is 19.3 Å². The maximum Gasteiger partial charge on any atom is 0.268 e. The first-order chi connectivity index (χ1) is 7.20. The molecule has 1 aromatic heterocycles. The van der Waals surface area contributed by atoms with Gasteiger partial charge in [-0.15, -0.1) is 0 Å². The number of rotatable bonds is 3. The summed E-state index contributed by atoms with van der Waals surface area (Å²) in [6.07, 6.45) is 6.42. The van der Waals surface area contributed by atoms with Gasteiger partial charge in [0.15, 0.2) is 0 Å². The predicted octanol–water partition coefficient (Wildman–Crippen LogP) is 1.34. The molecule has 0 radical (unpaired) electrons. The summed E-state index contributed by atoms with van der Waals surface area (Å²) in [6.45, 7) is 3.18. The summed E-state index contributed by atoms with van der Waals surface area (Å²) >= 11 is 0. The first-order valence-electron chi connectivity index (χ1n) is 5.56. The van der Waals surface area contributed by atoms with Crippen LogP contribution in [0.3, 0.4) is 0 Å². The molecule has 2 rings (SSSR count). The Morgan fingerprint density at radius 1 is 1.73 bits per heavy atom. The van der Waals surface area contributed by atoms with Crippen molar-refractivity contribution in [2.75, 3.05) is 0 Å². The van der Waals surface area contributed by atoms with Gasteiger partial charge < -0.3 is 10.3 Å². The van der Waals surface area contributed by atoms with Gasteiger partial charge in [-0.2, -0.15) is 0 Å². The van der Waals surface area contributed by atoms with Gasteiger partial charge in [-0.25, -0.2) is 4.98 Å². The van der Waals surface area contributed by atoms with Crippen LogP contribution in [0.4, 0.5) is 0 Å². The van der Waals surface area contributed by atoms with E-state index in [4.69, 9.17) is 5.73 Å². The van der Waals surface area contributed by atoms with Crippen molar-refractivity contribution >= 4 is 5.91 Å². The van der Waals surface area contributed by atoms with Crippen LogP contribution in [0.2, 0.25) is 0 Å². The number of hydrogen-bond donors (Lipinski definition) is 1. The second kappa shape index (κ2) is 4.04. The van der Waals surface area contributed by atoms with Gasteiger partial charge in [0, 0.05) is 19.2 Å². The van der Waals surface area contributed by atoms with Gasteiger partial charge in [0.25, 0.3) is 5.91 Å². The average molecular weight is 207 g/mol. The molecule has 0 fully saturated rings. The highest BCUT2D eigenvalue weighted by atomic mass is 16.1. The standard InChI is InChI=1S/C11H17N3O/c1-2-3-8-4-5-14-7-9(11(12)15)13-10(14)6-8/h7-8H,2-6H2,1H3,(H2,12,15). The molecule has 0 bridgehead atoms. The number of fused-ring (bicyclic) bond motifs is 1. The van der Waals surface area contributed by atoms with Gasteiger partial charge in [0.05, 0.1) is 0 Å². The number of imidazole rings is 1. The molecule has 1 aliphatic rings. The third kappa shape index (κ3) is 2.03. The van der Waals surface area contributed by atoms with Crippen LogP contribution < -0.4 is 5.73 Å². The minimum atomic E-state index is -0.427. The number of primary amides is 1. The van der Waals surface area contributed by atoms with E-state index in [9.17, 15) is 4.79 Å². The summed E-state index contributed by atoms with van der Waals surface area (Å²) < 4.78 is 2.06. The van der Waals surface area contributed by atoms with Crippen molar-refractivity contribution in [1.82, 2.24) is 9.55 Å². The molecule has 0 spiro atoms. The summed E-state index contributed by atoms with van der Waals surface area (Å²) in [4.78, 5) is 15.2. The fraction of sp³-hybridized carbons (Fsp3) is 0.636. The van der Waals surface area contributed by atoms with E-state index in [0.29, 0.717) is 5.69 Å². The Balaban J connectivity index is 2.15. The third-order valence-electron chi connectivity index (χ3n) is 3.06. The number of hydrogen-bond acceptors (Lipinski definition) is 2. The molecule has 4 heteroatoms. The fourth-order valence-corrected chi connectivity index (χ4v) is 2.27. The maximum absolute atomic E-state index is 11.0. The Kier molecular flexibility index (Phi) is 2.75. The lowest BCUT2D eigenvalue weighted by Gasteiger charge is -2.22. The van der Waals surface area contributed by atoms with Crippen LogP contribution in [-0.4, -0.2) is 15.5 Å². The molecule has 1 aromatic rings. The molecule has 1 unspecified atom stereocenters. The van der Waals surface area contributed by atoms with E-state index in [-0.39, 0.29) is 0 Å². The van der Waals surface area contributed by atoms with Gasteiger partial charge >= 0.3 is 0 Å². The Hall–Kier alpha value is -1.32. The third-order valence-corrected chi connectivity index (χ3v) is 3.06. The van der Waals surface area contributed by atoms with E-state index in [0.717, 1.165) is 24.7 Å². The second-order valence-electron chi connectivity index (χ2n) is 4.25. The highest BCUT2D eigenvalue weighted by Gasteiger charge is 2.21. The van der Waals surface area contributed by atoms with Gasteiger partial charge in [-0.1, -0.05) is 19.8 Å². The molecule has 1 atom stereocenters. The lowest BCUT2D eigenvalue weighted by Crippen LogP contribution is -2.18. The molecule has 0 saturated heterocycles. The van der Waals surface area contributed by atoms with Crippen LogP contribution in [0.1, 0.15) is 42.5 Å². The summed E-state index contributed by atoms with van der Waals surface area (Å²) in [7, 11) is 0. The first kappa shape index (κ1) is 10.2. The van der Waals surface area contributed by atoms with Gasteiger partial charge in [-0.3, -0.25) is 4.79 Å². The van der Waals surface area contributed by atoms with E-state index in [1.807, 2.05) is 0 Å². The zero-order valence-electron chi connectivity index (χ0n) is 9.07. The zero-order valence-corrected chi connectivity index (χ0v) is 9.07. The van der Waals surface area contributed by atoms with Crippen molar-refractivity contribution in [2.24, 2.45) is 11.7 Å². The second-order valence-corrected chi connectivity index (χ2v) is 4.25. The smallest absolute Gasteiger partial charge is 0.268 e. The van der Waals surface area contributed by atoms with Crippen molar-refractivity contribution in [1.29, 1.82) is 0 Å². The Morgan fingerprint density at radius 3 is 3.20 bits per heavy atom. The van der Waals surface area contributed by atoms with Crippen molar-refractivity contribution in [3.63, 3.8) is 0 Å². The molecule has 0 saturated carbocycles. The Bertz CT molecular complexity index is 370. The summed E-state index contributed by atoms with van der Waals surface area (Å²) in [5.41, 5.74) is 5.61. The minimum absolute atomic E-state index is 0.405. The molecule has 82 valence electrons. The van der Waals surface area contributed by atoms with E-state index in [2.05, 4.69) is 16.5 Å². The first-order valence-corrected chi connectivity index (χ1v) is 5.56. The highest BCUT2D eigenvalue weighted by molar-refractivity contribution is 5.90. The Labute approximate surface area is 89.5 Å². The molecule has 2 N–H and O–H groups in total. The SMILES string of the molecule is CCCC1CCn2cc(C(N)=O)nc2C1. The van der Waals surface area contributed by atoms with Crippen LogP contribution in [0.5, 0.6) is 0 Å². The molecule has 0 aliphatic carbocycles. The van der Waals surface area contributed by atoms with Crippen LogP contribution in [0.25, 0.3) is 0 Å². The van der Waals surface area contributed by atoms with E-state index in [1.54, 1.807) is 6.20 Å². The lowest BCUT2D eigenvalue weighted by molar-refractivity contribution is 0.0996. The molecule has 2 heterocycles. The van der Waals surface area contributed by atoms with Crippen molar-refractivity contribution in [3.05, 3.63) is 17.7 Å². The van der Waals surface area contributed by atoms with Crippen LogP contribution in [0, 0.1) is 5.92 Å². The van der Waals surface area contributed by atoms with Gasteiger partial charge in [0.2, 0.25) is 0 Å². The average Bonchev–Trinajstić information content (AvgIpc) is 2.61. The molecule has 1 aliphatic heterocycles. The number of carbonyl (C=O) groups is 1. The molecular weight excluding hydrogens is 190 g/mol. The monoisotopic (exact) mass is 207 g/mol.